The summed E-state index contributed by atoms with van der Waals surface area (Å²) < 4.78 is 6.23. The molecule has 7 nitrogen and oxygen atoms in total. The van der Waals surface area contributed by atoms with Crippen molar-refractivity contribution >= 4 is 12.0 Å². The number of rotatable bonds is 8. The largest absolute Gasteiger partial charge is 0.489 e. The Morgan fingerprint density at radius 1 is 1.00 bits per heavy atom. The Labute approximate surface area is 209 Å². The van der Waals surface area contributed by atoms with Crippen molar-refractivity contribution in [1.29, 1.82) is 5.41 Å². The van der Waals surface area contributed by atoms with E-state index in [4.69, 9.17) is 15.9 Å². The second-order valence-electron chi connectivity index (χ2n) is 9.33. The van der Waals surface area contributed by atoms with E-state index in [1.165, 1.54) is 30.4 Å². The first-order valence-corrected chi connectivity index (χ1v) is 12.9. The van der Waals surface area contributed by atoms with E-state index in [-0.39, 0.29) is 12.0 Å². The van der Waals surface area contributed by atoms with E-state index in [0.717, 1.165) is 55.5 Å². The number of fused-ring (bicyclic) bond motifs is 2. The number of nitrogens with two attached hydrogens (primary N) is 1. The van der Waals surface area contributed by atoms with Crippen LogP contribution in [-0.2, 0) is 19.6 Å². The number of guanidine groups is 1. The van der Waals surface area contributed by atoms with Gasteiger partial charge in [-0.15, -0.1) is 0 Å². The molecule has 5 N–H and O–H groups in total. The van der Waals surface area contributed by atoms with Crippen LogP contribution in [-0.4, -0.2) is 36.5 Å². The Kier molecular flexibility index (Phi) is 10.9. The van der Waals surface area contributed by atoms with Gasteiger partial charge in [-0.25, -0.2) is 4.79 Å². The third kappa shape index (κ3) is 8.91. The third-order valence-electron chi connectivity index (χ3n) is 6.46. The molecule has 0 unspecified atom stereocenters. The highest BCUT2D eigenvalue weighted by molar-refractivity contribution is 5.94. The molecule has 0 saturated heterocycles. The molecule has 1 heterocycles. The van der Waals surface area contributed by atoms with Gasteiger partial charge in [0.2, 0.25) is 0 Å². The monoisotopic (exact) mass is 479 g/mol. The molecular weight excluding hydrogens is 438 g/mol. The molecule has 0 radical (unpaired) electrons. The standard InChI is InChI=1S/C28H41N5O2/c1-22-14-15-24-20-31-27(30)32-28(34)33(17-9-5-3-2-4-8-16-29)18-10-13-23-11-6-7-12-25(23)21-35-26(24)19-22/h6-7,11-12,14-15,19H,2-5,8-10,13,16-18,20-21,29H2,1H3,(H3,30,31,32,34). The van der Waals surface area contributed by atoms with E-state index in [0.29, 0.717) is 26.2 Å². The van der Waals surface area contributed by atoms with E-state index in [9.17, 15) is 4.79 Å². The number of nitrogens with one attached hydrogen (secondary N) is 3. The van der Waals surface area contributed by atoms with Crippen molar-refractivity contribution in [2.75, 3.05) is 19.6 Å². The highest BCUT2D eigenvalue weighted by Crippen LogP contribution is 2.23. The SMILES string of the molecule is Cc1ccc2c(c1)OCc1ccccc1CCCN(CCCCCCCCN)C(=O)NC(=N)NC2. The van der Waals surface area contributed by atoms with Gasteiger partial charge in [-0.05, 0) is 61.9 Å². The second kappa shape index (κ2) is 14.4. The van der Waals surface area contributed by atoms with Crippen LogP contribution >= 0.6 is 0 Å². The number of amides is 2. The molecular formula is C28H41N5O2. The number of urea groups is 1. The van der Waals surface area contributed by atoms with Crippen LogP contribution in [0.3, 0.4) is 0 Å². The zero-order chi connectivity index (χ0) is 24.9. The molecule has 190 valence electrons. The van der Waals surface area contributed by atoms with E-state index in [1.54, 1.807) is 0 Å². The summed E-state index contributed by atoms with van der Waals surface area (Å²) in [5, 5.41) is 14.0. The van der Waals surface area contributed by atoms with Crippen LogP contribution in [0, 0.1) is 12.3 Å². The molecule has 3 rings (SSSR count). The Morgan fingerprint density at radius 3 is 2.54 bits per heavy atom. The van der Waals surface area contributed by atoms with Crippen LogP contribution in [0.1, 0.15) is 67.2 Å². The lowest BCUT2D eigenvalue weighted by Gasteiger charge is -2.23. The third-order valence-corrected chi connectivity index (χ3v) is 6.46. The fourth-order valence-corrected chi connectivity index (χ4v) is 4.38. The van der Waals surface area contributed by atoms with Crippen LogP contribution in [0.2, 0.25) is 0 Å². The first kappa shape index (κ1) is 26.5. The number of carbonyl (C=O) groups is 1. The molecule has 0 spiro atoms. The first-order chi connectivity index (χ1) is 17.1. The Morgan fingerprint density at radius 2 is 1.74 bits per heavy atom. The van der Waals surface area contributed by atoms with Gasteiger partial charge < -0.3 is 20.7 Å². The fourth-order valence-electron chi connectivity index (χ4n) is 4.38. The minimum atomic E-state index is -0.214. The summed E-state index contributed by atoms with van der Waals surface area (Å²) in [5.41, 5.74) is 10.1. The van der Waals surface area contributed by atoms with Gasteiger partial charge in [0, 0.05) is 25.2 Å². The summed E-state index contributed by atoms with van der Waals surface area (Å²) in [6, 6.07) is 14.2. The topological polar surface area (TPSA) is 103 Å². The molecule has 0 atom stereocenters. The molecule has 1 aliphatic heterocycles. The molecule has 2 aromatic rings. The smallest absolute Gasteiger partial charge is 0.324 e. The maximum absolute atomic E-state index is 13.0. The summed E-state index contributed by atoms with van der Waals surface area (Å²) in [6.45, 7) is 5.05. The molecule has 0 bridgehead atoms. The summed E-state index contributed by atoms with van der Waals surface area (Å²) >= 11 is 0. The molecule has 1 aliphatic rings. The minimum absolute atomic E-state index is 0.00599. The van der Waals surface area contributed by atoms with Crippen molar-refractivity contribution in [1.82, 2.24) is 15.5 Å². The van der Waals surface area contributed by atoms with Crippen molar-refractivity contribution in [3.8, 4) is 5.75 Å². The van der Waals surface area contributed by atoms with Gasteiger partial charge in [0.25, 0.3) is 0 Å². The van der Waals surface area contributed by atoms with Gasteiger partial charge in [0.05, 0.1) is 0 Å². The first-order valence-electron chi connectivity index (χ1n) is 12.9. The van der Waals surface area contributed by atoms with Crippen LogP contribution < -0.4 is 21.1 Å². The van der Waals surface area contributed by atoms with Gasteiger partial charge in [0.1, 0.15) is 12.4 Å². The zero-order valence-electron chi connectivity index (χ0n) is 21.1. The van der Waals surface area contributed by atoms with Gasteiger partial charge in [-0.1, -0.05) is 62.1 Å². The molecule has 7 heteroatoms. The molecule has 35 heavy (non-hydrogen) atoms. The predicted molar refractivity (Wildman–Crippen MR) is 142 cm³/mol. The molecule has 2 amide bonds. The highest BCUT2D eigenvalue weighted by atomic mass is 16.5. The average molecular weight is 480 g/mol. The number of carbonyl (C=O) groups excluding carboxylic acids is 1. The van der Waals surface area contributed by atoms with Crippen LogP contribution in [0.5, 0.6) is 5.75 Å². The lowest BCUT2D eigenvalue weighted by Crippen LogP contribution is -2.47. The van der Waals surface area contributed by atoms with Crippen LogP contribution in [0.15, 0.2) is 42.5 Å². The second-order valence-corrected chi connectivity index (χ2v) is 9.33. The van der Waals surface area contributed by atoms with Crippen molar-refractivity contribution in [2.24, 2.45) is 5.73 Å². The van der Waals surface area contributed by atoms with E-state index < -0.39 is 0 Å². The van der Waals surface area contributed by atoms with E-state index in [2.05, 4.69) is 28.8 Å². The molecule has 0 aliphatic carbocycles. The lowest BCUT2D eigenvalue weighted by atomic mass is 10.0. The minimum Gasteiger partial charge on any atom is -0.489 e. The van der Waals surface area contributed by atoms with Crippen LogP contribution in [0.25, 0.3) is 0 Å². The highest BCUT2D eigenvalue weighted by Gasteiger charge is 2.16. The Balaban J connectivity index is 1.69. The molecule has 0 fully saturated rings. The maximum atomic E-state index is 13.0. The average Bonchev–Trinajstić information content (AvgIpc) is 2.85. The number of hydrogen-bond donors (Lipinski definition) is 4. The van der Waals surface area contributed by atoms with Gasteiger partial charge in [-0.3, -0.25) is 10.7 Å². The number of nitrogens with zero attached hydrogens (tertiary/aromatic N) is 1. The van der Waals surface area contributed by atoms with Gasteiger partial charge in [0.15, 0.2) is 5.96 Å². The Hall–Kier alpha value is -3.06. The summed E-state index contributed by atoms with van der Waals surface area (Å²) in [7, 11) is 0. The summed E-state index contributed by atoms with van der Waals surface area (Å²) in [6.07, 6.45) is 8.41. The molecule has 2 aromatic carbocycles. The lowest BCUT2D eigenvalue weighted by molar-refractivity contribution is 0.200. The van der Waals surface area contributed by atoms with Crippen molar-refractivity contribution < 1.29 is 9.53 Å². The van der Waals surface area contributed by atoms with Gasteiger partial charge >= 0.3 is 6.03 Å². The van der Waals surface area contributed by atoms with Crippen molar-refractivity contribution in [3.63, 3.8) is 0 Å². The Bertz CT molecular complexity index is 962. The number of ether oxygens (including phenoxy) is 1. The number of unbranched alkanes of at least 4 members (excludes halogenated alkanes) is 5. The molecule has 0 saturated carbocycles. The van der Waals surface area contributed by atoms with Crippen molar-refractivity contribution in [2.45, 2.75) is 71.4 Å². The number of aryl methyl sites for hydroxylation is 2. The van der Waals surface area contributed by atoms with E-state index in [1.807, 2.05) is 36.1 Å². The molecule has 0 aromatic heterocycles. The number of hydrogen-bond acceptors (Lipinski definition) is 4. The zero-order valence-corrected chi connectivity index (χ0v) is 21.1. The summed E-state index contributed by atoms with van der Waals surface area (Å²) in [5.74, 6) is 0.806. The van der Waals surface area contributed by atoms with Crippen molar-refractivity contribution in [3.05, 3.63) is 64.7 Å². The van der Waals surface area contributed by atoms with E-state index >= 15 is 0 Å². The van der Waals surface area contributed by atoms with Gasteiger partial charge in [-0.2, -0.15) is 0 Å². The number of benzene rings is 2. The maximum Gasteiger partial charge on any atom is 0.324 e. The summed E-state index contributed by atoms with van der Waals surface area (Å²) in [4.78, 5) is 14.9. The fraction of sp³-hybridized carbons (Fsp3) is 0.500. The quantitative estimate of drug-likeness (QED) is 0.406. The normalized spacial score (nSPS) is 15.1. The predicted octanol–water partition coefficient (Wildman–Crippen LogP) is 4.86. The van der Waals surface area contributed by atoms with Crippen LogP contribution in [0.4, 0.5) is 4.79 Å².